The Morgan fingerprint density at radius 3 is 2.69 bits per heavy atom. The molecule has 5 rings (SSSR count). The van der Waals surface area contributed by atoms with Crippen molar-refractivity contribution in [1.29, 1.82) is 0 Å². The summed E-state index contributed by atoms with van der Waals surface area (Å²) in [7, 11) is 0. The summed E-state index contributed by atoms with van der Waals surface area (Å²) in [5, 5.41) is 19.9. The standard InChI is InChI=1S/C33H41N7O4S/c1-5-19(2)11-26(34-4)32(43)37-15-20(3)38-24-12-22(13-24)31(42)40-33-39-25-10-9-21(14-29(25)45-33)23-16-35-30(36-17-23)18-44-28-8-6-7-27(28)41/h5,9-11,14,16-17,20,22,24,27-28,38,41H,4,6-8,12-13,15,18H2,1-3H3,(H,37,43)(H,39,40,42)/b19-5-,26-11-/t20-,22-,24+,27-,28-/m0/s1. The molecular weight excluding hydrogens is 590 g/mol. The van der Waals surface area contributed by atoms with Crippen molar-refractivity contribution in [2.75, 3.05) is 11.9 Å². The smallest absolute Gasteiger partial charge is 0.269 e. The highest BCUT2D eigenvalue weighted by Gasteiger charge is 2.35. The molecule has 11 nitrogen and oxygen atoms in total. The Balaban J connectivity index is 1.07. The van der Waals surface area contributed by atoms with Crippen LogP contribution in [0.25, 0.3) is 21.3 Å². The molecule has 2 aliphatic carbocycles. The maximum atomic E-state index is 12.9. The van der Waals surface area contributed by atoms with Crippen LogP contribution < -0.4 is 16.0 Å². The van der Waals surface area contributed by atoms with E-state index in [1.165, 1.54) is 11.3 Å². The number of hydrogen-bond donors (Lipinski definition) is 4. The predicted molar refractivity (Wildman–Crippen MR) is 177 cm³/mol. The van der Waals surface area contributed by atoms with Crippen LogP contribution in [-0.2, 0) is 20.9 Å². The number of carbonyl (C=O) groups is 2. The zero-order valence-electron chi connectivity index (χ0n) is 26.0. The Bertz CT molecular complexity index is 1580. The zero-order valence-corrected chi connectivity index (χ0v) is 26.8. The number of fused-ring (bicyclic) bond motifs is 1. The van der Waals surface area contributed by atoms with Gasteiger partial charge in [-0.25, -0.2) is 15.0 Å². The third-order valence-electron chi connectivity index (χ3n) is 8.32. The lowest BCUT2D eigenvalue weighted by Crippen LogP contribution is -2.51. The number of ether oxygens (including phenoxy) is 1. The zero-order chi connectivity index (χ0) is 31.9. The first-order chi connectivity index (χ1) is 21.7. The van der Waals surface area contributed by atoms with Crippen LogP contribution in [0.5, 0.6) is 0 Å². The van der Waals surface area contributed by atoms with E-state index in [4.69, 9.17) is 4.74 Å². The normalized spacial score (nSPS) is 22.6. The summed E-state index contributed by atoms with van der Waals surface area (Å²) in [6.45, 7) is 10.0. The fraction of sp³-hybridized carbons (Fsp3) is 0.455. The number of aliphatic hydroxyl groups is 1. The largest absolute Gasteiger partial charge is 0.390 e. The number of anilines is 1. The lowest BCUT2D eigenvalue weighted by atomic mass is 9.79. The van der Waals surface area contributed by atoms with E-state index in [0.29, 0.717) is 17.5 Å². The number of aliphatic hydroxyl groups excluding tert-OH is 1. The number of carbonyl (C=O) groups excluding carboxylic acids is 2. The SMILES string of the molecule is C=N/C(=C\C(C)=C/C)C(=O)NC[C@H](C)N[C@H]1C[C@@H](C(=O)Nc2nc3ccc(-c4cnc(CO[C@H]5CCC[C@@H]5O)nc4)cc3s2)C1. The minimum absolute atomic E-state index is 0.0317. The van der Waals surface area contributed by atoms with Gasteiger partial charge in [-0.05, 0) is 83.4 Å². The minimum atomic E-state index is -0.404. The van der Waals surface area contributed by atoms with Crippen molar-refractivity contribution >= 4 is 45.2 Å². The molecule has 2 aliphatic rings. The first kappa shape index (κ1) is 32.6. The lowest BCUT2D eigenvalue weighted by molar-refractivity contribution is -0.123. The van der Waals surface area contributed by atoms with E-state index < -0.39 is 6.10 Å². The number of thiazole rings is 1. The molecule has 3 atom stereocenters. The molecule has 12 heteroatoms. The molecule has 4 N–H and O–H groups in total. The quantitative estimate of drug-likeness (QED) is 0.122. The van der Waals surface area contributed by atoms with Crippen LogP contribution in [-0.4, -0.2) is 69.4 Å². The number of benzene rings is 1. The highest BCUT2D eigenvalue weighted by Crippen LogP contribution is 2.33. The van der Waals surface area contributed by atoms with Crippen molar-refractivity contribution in [3.8, 4) is 11.1 Å². The Hall–Kier alpha value is -3.84. The number of amides is 2. The van der Waals surface area contributed by atoms with Gasteiger partial charge < -0.3 is 25.8 Å². The van der Waals surface area contributed by atoms with E-state index in [2.05, 4.69) is 42.6 Å². The molecule has 1 aromatic carbocycles. The summed E-state index contributed by atoms with van der Waals surface area (Å²) in [5.41, 5.74) is 3.88. The van der Waals surface area contributed by atoms with Gasteiger partial charge in [0.25, 0.3) is 5.91 Å². The number of nitrogens with one attached hydrogen (secondary N) is 3. The summed E-state index contributed by atoms with van der Waals surface area (Å²) >= 11 is 1.44. The van der Waals surface area contributed by atoms with Crippen molar-refractivity contribution in [2.45, 2.75) is 83.8 Å². The van der Waals surface area contributed by atoms with Crippen molar-refractivity contribution < 1.29 is 19.4 Å². The monoisotopic (exact) mass is 631 g/mol. The fourth-order valence-electron chi connectivity index (χ4n) is 5.47. The molecule has 0 unspecified atom stereocenters. The summed E-state index contributed by atoms with van der Waals surface area (Å²) in [6, 6.07) is 6.18. The summed E-state index contributed by atoms with van der Waals surface area (Å²) < 4.78 is 6.75. The summed E-state index contributed by atoms with van der Waals surface area (Å²) in [6.07, 6.45) is 10.7. The molecule has 3 aromatic rings. The molecule has 2 fully saturated rings. The molecule has 0 saturated heterocycles. The molecule has 2 amide bonds. The Labute approximate surface area is 267 Å². The summed E-state index contributed by atoms with van der Waals surface area (Å²) in [5.74, 6) is 0.198. The number of rotatable bonds is 13. The van der Waals surface area contributed by atoms with Gasteiger partial charge in [-0.1, -0.05) is 29.1 Å². The Morgan fingerprint density at radius 2 is 2.00 bits per heavy atom. The topological polar surface area (TPSA) is 151 Å². The fourth-order valence-corrected chi connectivity index (χ4v) is 6.38. The van der Waals surface area contributed by atoms with Gasteiger partial charge in [-0.3, -0.25) is 14.6 Å². The van der Waals surface area contributed by atoms with Gasteiger partial charge in [0, 0.05) is 42.5 Å². The Kier molecular flexibility index (Phi) is 10.8. The molecule has 0 radical (unpaired) electrons. The van der Waals surface area contributed by atoms with E-state index in [1.807, 2.05) is 45.0 Å². The van der Waals surface area contributed by atoms with Gasteiger partial charge in [0.2, 0.25) is 5.91 Å². The second kappa shape index (κ2) is 15.0. The van der Waals surface area contributed by atoms with Crippen molar-refractivity contribution in [2.24, 2.45) is 10.9 Å². The van der Waals surface area contributed by atoms with Gasteiger partial charge in [0.05, 0.1) is 22.4 Å². The van der Waals surface area contributed by atoms with Crippen molar-refractivity contribution in [1.82, 2.24) is 25.6 Å². The van der Waals surface area contributed by atoms with Crippen molar-refractivity contribution in [3.63, 3.8) is 0 Å². The second-order valence-electron chi connectivity index (χ2n) is 11.8. The minimum Gasteiger partial charge on any atom is -0.390 e. The van der Waals surface area contributed by atoms with Gasteiger partial charge in [-0.15, -0.1) is 0 Å². The molecule has 2 heterocycles. The third kappa shape index (κ3) is 8.46. The third-order valence-corrected chi connectivity index (χ3v) is 9.26. The van der Waals surface area contributed by atoms with Crippen molar-refractivity contribution in [3.05, 3.63) is 59.8 Å². The van der Waals surface area contributed by atoms with Crippen LogP contribution in [0.1, 0.15) is 58.7 Å². The average molecular weight is 632 g/mol. The van der Waals surface area contributed by atoms with Gasteiger partial charge in [0.15, 0.2) is 11.0 Å². The average Bonchev–Trinajstić information content (AvgIpc) is 3.63. The number of allylic oxidation sites excluding steroid dienone is 3. The molecule has 238 valence electrons. The van der Waals surface area contributed by atoms with E-state index >= 15 is 0 Å². The first-order valence-corrected chi connectivity index (χ1v) is 16.2. The molecule has 0 bridgehead atoms. The van der Waals surface area contributed by atoms with Gasteiger partial charge >= 0.3 is 0 Å². The van der Waals surface area contributed by atoms with Gasteiger partial charge in [0.1, 0.15) is 12.3 Å². The van der Waals surface area contributed by atoms with Crippen LogP contribution >= 0.6 is 11.3 Å². The molecule has 2 saturated carbocycles. The number of aliphatic imine (C=N–C) groups is 1. The van der Waals surface area contributed by atoms with Gasteiger partial charge in [-0.2, -0.15) is 0 Å². The first-order valence-electron chi connectivity index (χ1n) is 15.4. The van der Waals surface area contributed by atoms with E-state index in [-0.39, 0.29) is 48.2 Å². The molecule has 0 spiro atoms. The molecular formula is C33H41N7O4S. The second-order valence-corrected chi connectivity index (χ2v) is 12.8. The van der Waals surface area contributed by atoms with Crippen LogP contribution in [0.15, 0.2) is 59.0 Å². The van der Waals surface area contributed by atoms with E-state index in [0.717, 1.165) is 59.0 Å². The Morgan fingerprint density at radius 1 is 1.22 bits per heavy atom. The number of hydrogen-bond acceptors (Lipinski definition) is 10. The highest BCUT2D eigenvalue weighted by atomic mass is 32.1. The molecule has 0 aliphatic heterocycles. The van der Waals surface area contributed by atoms with Crippen LogP contribution in [0.3, 0.4) is 0 Å². The predicted octanol–water partition coefficient (Wildman–Crippen LogP) is 4.55. The van der Waals surface area contributed by atoms with Crippen LogP contribution in [0.4, 0.5) is 5.13 Å². The number of nitrogens with zero attached hydrogens (tertiary/aromatic N) is 4. The van der Waals surface area contributed by atoms with Crippen LogP contribution in [0, 0.1) is 5.92 Å². The lowest BCUT2D eigenvalue weighted by Gasteiger charge is -2.36. The maximum absolute atomic E-state index is 12.9. The highest BCUT2D eigenvalue weighted by molar-refractivity contribution is 7.22. The summed E-state index contributed by atoms with van der Waals surface area (Å²) in [4.78, 5) is 42.7. The molecule has 45 heavy (non-hydrogen) atoms. The van der Waals surface area contributed by atoms with E-state index in [1.54, 1.807) is 18.5 Å². The van der Waals surface area contributed by atoms with E-state index in [9.17, 15) is 14.7 Å². The molecule has 2 aromatic heterocycles. The van der Waals surface area contributed by atoms with Crippen LogP contribution in [0.2, 0.25) is 0 Å². The maximum Gasteiger partial charge on any atom is 0.269 e. The number of aromatic nitrogens is 3.